The summed E-state index contributed by atoms with van der Waals surface area (Å²) in [6.07, 6.45) is 3.97. The molecule has 3 rings (SSSR count). The fraction of sp³-hybridized carbons (Fsp3) is 0.450. The minimum absolute atomic E-state index is 0.154. The van der Waals surface area contributed by atoms with E-state index in [9.17, 15) is 13.2 Å². The third-order valence-corrected chi connectivity index (χ3v) is 8.48. The van der Waals surface area contributed by atoms with Gasteiger partial charge < -0.3 is 15.0 Å². The first kappa shape index (κ1) is 23.3. The molecule has 1 N–H and O–H groups in total. The summed E-state index contributed by atoms with van der Waals surface area (Å²) in [5, 5.41) is 3.86. The quantitative estimate of drug-likeness (QED) is 0.563. The maximum absolute atomic E-state index is 12.2. The SMILES string of the molecule is CS(=O)(=O)c1ccc(C(=O)NCCCN2CCC(Oc3ccc(Cl)c(Cl)c3)CC2)s1. The Morgan fingerprint density at radius 1 is 1.20 bits per heavy atom. The van der Waals surface area contributed by atoms with E-state index in [0.29, 0.717) is 21.5 Å². The van der Waals surface area contributed by atoms with Gasteiger partial charge in [-0.25, -0.2) is 8.42 Å². The Labute approximate surface area is 191 Å². The van der Waals surface area contributed by atoms with Crippen LogP contribution in [-0.2, 0) is 9.84 Å². The fourth-order valence-corrected chi connectivity index (χ4v) is 5.36. The zero-order valence-corrected chi connectivity index (χ0v) is 19.7. The highest BCUT2D eigenvalue weighted by Gasteiger charge is 2.21. The molecule has 0 atom stereocenters. The molecule has 0 radical (unpaired) electrons. The van der Waals surface area contributed by atoms with Gasteiger partial charge in [-0.2, -0.15) is 0 Å². The number of carbonyl (C=O) groups excluding carboxylic acids is 1. The van der Waals surface area contributed by atoms with Crippen LogP contribution in [0.4, 0.5) is 0 Å². The normalized spacial score (nSPS) is 15.8. The first-order valence-electron chi connectivity index (χ1n) is 9.64. The molecule has 30 heavy (non-hydrogen) atoms. The van der Waals surface area contributed by atoms with Crippen molar-refractivity contribution in [2.75, 3.05) is 32.4 Å². The lowest BCUT2D eigenvalue weighted by atomic mass is 10.1. The maximum Gasteiger partial charge on any atom is 0.261 e. The van der Waals surface area contributed by atoms with Gasteiger partial charge in [-0.05, 0) is 50.1 Å². The van der Waals surface area contributed by atoms with Gasteiger partial charge in [-0.3, -0.25) is 4.79 Å². The van der Waals surface area contributed by atoms with Gasteiger partial charge in [0, 0.05) is 32.0 Å². The zero-order valence-electron chi connectivity index (χ0n) is 16.6. The number of amides is 1. The van der Waals surface area contributed by atoms with Gasteiger partial charge in [-0.15, -0.1) is 11.3 Å². The highest BCUT2D eigenvalue weighted by molar-refractivity contribution is 7.92. The number of sulfone groups is 1. The average molecular weight is 491 g/mol. The molecule has 0 spiro atoms. The molecule has 164 valence electrons. The Balaban J connectivity index is 1.34. The molecule has 0 aliphatic carbocycles. The molecule has 6 nitrogen and oxygen atoms in total. The van der Waals surface area contributed by atoms with Crippen LogP contribution in [0.25, 0.3) is 0 Å². The summed E-state index contributed by atoms with van der Waals surface area (Å²) >= 11 is 13.0. The van der Waals surface area contributed by atoms with Crippen molar-refractivity contribution >= 4 is 50.3 Å². The molecule has 0 unspecified atom stereocenters. The molecule has 1 saturated heterocycles. The Morgan fingerprint density at radius 2 is 1.93 bits per heavy atom. The number of benzene rings is 1. The lowest BCUT2D eigenvalue weighted by Gasteiger charge is -2.32. The number of ether oxygens (including phenoxy) is 1. The van der Waals surface area contributed by atoms with Gasteiger partial charge in [0.05, 0.1) is 14.9 Å². The van der Waals surface area contributed by atoms with Gasteiger partial charge in [0.15, 0.2) is 9.84 Å². The predicted molar refractivity (Wildman–Crippen MR) is 121 cm³/mol. The summed E-state index contributed by atoms with van der Waals surface area (Å²) in [4.78, 5) is 14.9. The first-order valence-corrected chi connectivity index (χ1v) is 13.1. The number of halogens is 2. The van der Waals surface area contributed by atoms with E-state index in [0.717, 1.165) is 62.2 Å². The number of hydrogen-bond donors (Lipinski definition) is 1. The fourth-order valence-electron chi connectivity index (χ4n) is 3.23. The third-order valence-electron chi connectivity index (χ3n) is 4.84. The van der Waals surface area contributed by atoms with E-state index >= 15 is 0 Å². The van der Waals surface area contributed by atoms with Crippen LogP contribution in [0.1, 0.15) is 28.9 Å². The lowest BCUT2D eigenvalue weighted by molar-refractivity contribution is 0.0938. The number of nitrogens with one attached hydrogen (secondary N) is 1. The molecule has 1 amide bonds. The highest BCUT2D eigenvalue weighted by atomic mass is 35.5. The molecule has 2 aromatic rings. The number of nitrogens with zero attached hydrogens (tertiary/aromatic N) is 1. The maximum atomic E-state index is 12.2. The van der Waals surface area contributed by atoms with Crippen LogP contribution in [-0.4, -0.2) is 57.8 Å². The van der Waals surface area contributed by atoms with Crippen LogP contribution in [0.2, 0.25) is 10.0 Å². The number of hydrogen-bond acceptors (Lipinski definition) is 6. The standard InChI is InChI=1S/C20H24Cl2N2O4S2/c1-30(26,27)19-6-5-18(29-19)20(25)23-9-2-10-24-11-7-14(8-12-24)28-15-3-4-16(21)17(22)13-15/h3-6,13-14H,2,7-12H2,1H3,(H,23,25). The Bertz CT molecular complexity index is 986. The van der Waals surface area contributed by atoms with Crippen molar-refractivity contribution in [3.05, 3.63) is 45.3 Å². The van der Waals surface area contributed by atoms with Crippen LogP contribution < -0.4 is 10.1 Å². The predicted octanol–water partition coefficient (Wildman–Crippen LogP) is 4.12. The van der Waals surface area contributed by atoms with E-state index in [1.807, 2.05) is 6.07 Å². The number of piperidine rings is 1. The average Bonchev–Trinajstić information content (AvgIpc) is 3.20. The van der Waals surface area contributed by atoms with Crippen LogP contribution >= 0.6 is 34.5 Å². The van der Waals surface area contributed by atoms with Crippen LogP contribution in [0.15, 0.2) is 34.5 Å². The van der Waals surface area contributed by atoms with Crippen molar-refractivity contribution in [1.29, 1.82) is 0 Å². The Kier molecular flexibility index (Phi) is 8.04. The molecule has 0 saturated carbocycles. The molecule has 1 aromatic carbocycles. The van der Waals surface area contributed by atoms with Gasteiger partial charge in [0.25, 0.3) is 5.91 Å². The Hall–Kier alpha value is -1.32. The van der Waals surface area contributed by atoms with Crippen molar-refractivity contribution < 1.29 is 17.9 Å². The Morgan fingerprint density at radius 3 is 2.57 bits per heavy atom. The number of thiophene rings is 1. The van der Waals surface area contributed by atoms with E-state index in [2.05, 4.69) is 10.2 Å². The van der Waals surface area contributed by atoms with E-state index in [-0.39, 0.29) is 16.2 Å². The van der Waals surface area contributed by atoms with E-state index < -0.39 is 9.84 Å². The largest absolute Gasteiger partial charge is 0.490 e. The van der Waals surface area contributed by atoms with E-state index in [1.165, 1.54) is 6.07 Å². The summed E-state index contributed by atoms with van der Waals surface area (Å²) in [7, 11) is -3.27. The molecule has 1 fully saturated rings. The third kappa shape index (κ3) is 6.59. The summed E-state index contributed by atoms with van der Waals surface area (Å²) < 4.78 is 29.2. The molecular formula is C20H24Cl2N2O4S2. The van der Waals surface area contributed by atoms with Crippen molar-refractivity contribution in [3.8, 4) is 5.75 Å². The van der Waals surface area contributed by atoms with Crippen molar-refractivity contribution in [2.24, 2.45) is 0 Å². The van der Waals surface area contributed by atoms with E-state index in [4.69, 9.17) is 27.9 Å². The van der Waals surface area contributed by atoms with Crippen molar-refractivity contribution in [1.82, 2.24) is 10.2 Å². The summed E-state index contributed by atoms with van der Waals surface area (Å²) in [5.74, 6) is 0.502. The molecule has 2 heterocycles. The second kappa shape index (κ2) is 10.3. The molecule has 1 aliphatic rings. The van der Waals surface area contributed by atoms with Crippen LogP contribution in [0.3, 0.4) is 0 Å². The molecule has 10 heteroatoms. The highest BCUT2D eigenvalue weighted by Crippen LogP contribution is 2.28. The monoisotopic (exact) mass is 490 g/mol. The summed E-state index contributed by atoms with van der Waals surface area (Å²) in [6.45, 7) is 3.30. The zero-order chi connectivity index (χ0) is 21.7. The second-order valence-corrected chi connectivity index (χ2v) is 11.4. The van der Waals surface area contributed by atoms with Gasteiger partial charge in [0.2, 0.25) is 0 Å². The van der Waals surface area contributed by atoms with Gasteiger partial charge in [-0.1, -0.05) is 23.2 Å². The van der Waals surface area contributed by atoms with Crippen LogP contribution in [0, 0.1) is 0 Å². The van der Waals surface area contributed by atoms with Gasteiger partial charge >= 0.3 is 0 Å². The van der Waals surface area contributed by atoms with Crippen molar-refractivity contribution in [3.63, 3.8) is 0 Å². The minimum Gasteiger partial charge on any atom is -0.490 e. The number of carbonyl (C=O) groups is 1. The lowest BCUT2D eigenvalue weighted by Crippen LogP contribution is -2.39. The van der Waals surface area contributed by atoms with E-state index in [1.54, 1.807) is 18.2 Å². The summed E-state index contributed by atoms with van der Waals surface area (Å²) in [5.41, 5.74) is 0. The second-order valence-electron chi connectivity index (χ2n) is 7.24. The van der Waals surface area contributed by atoms with Crippen LogP contribution in [0.5, 0.6) is 5.75 Å². The molecule has 1 aromatic heterocycles. The van der Waals surface area contributed by atoms with Crippen molar-refractivity contribution in [2.45, 2.75) is 29.6 Å². The smallest absolute Gasteiger partial charge is 0.261 e. The summed E-state index contributed by atoms with van der Waals surface area (Å²) in [6, 6.07) is 8.33. The molecular weight excluding hydrogens is 467 g/mol. The first-order chi connectivity index (χ1) is 14.2. The number of likely N-dealkylation sites (tertiary alicyclic amines) is 1. The minimum atomic E-state index is -3.27. The topological polar surface area (TPSA) is 75.7 Å². The molecule has 0 bridgehead atoms. The molecule has 1 aliphatic heterocycles. The van der Waals surface area contributed by atoms with Gasteiger partial charge in [0.1, 0.15) is 16.1 Å². The number of rotatable bonds is 8.